The van der Waals surface area contributed by atoms with Crippen molar-refractivity contribution in [3.8, 4) is 5.75 Å². The molecule has 3 saturated heterocycles. The van der Waals surface area contributed by atoms with Crippen LogP contribution in [0, 0.1) is 5.82 Å². The SMILES string of the molecule is COc1ccccc1N1CCC(O)(CN2[C@H]3CCCCC(=O)N[C@@]3(C)C[C@H]2c2ccc(F)cc2)CC1. The molecule has 36 heavy (non-hydrogen) atoms. The predicted molar refractivity (Wildman–Crippen MR) is 139 cm³/mol. The van der Waals surface area contributed by atoms with Gasteiger partial charge in [-0.05, 0) is 68.9 Å². The number of carbonyl (C=O) groups excluding carboxylic acids is 1. The van der Waals surface area contributed by atoms with Crippen LogP contribution in [0.1, 0.15) is 63.5 Å². The van der Waals surface area contributed by atoms with Crippen molar-refractivity contribution in [2.45, 2.75) is 75.1 Å². The summed E-state index contributed by atoms with van der Waals surface area (Å²) in [7, 11) is 1.69. The second-order valence-corrected chi connectivity index (χ2v) is 11.1. The minimum Gasteiger partial charge on any atom is -0.495 e. The van der Waals surface area contributed by atoms with E-state index in [9.17, 15) is 14.3 Å². The van der Waals surface area contributed by atoms with Crippen LogP contribution < -0.4 is 15.0 Å². The Kier molecular flexibility index (Phi) is 6.97. The van der Waals surface area contributed by atoms with Gasteiger partial charge in [-0.1, -0.05) is 30.7 Å². The van der Waals surface area contributed by atoms with Crippen molar-refractivity contribution < 1.29 is 19.0 Å². The minimum absolute atomic E-state index is 0.00951. The third-order valence-electron chi connectivity index (χ3n) is 8.56. The van der Waals surface area contributed by atoms with Crippen LogP contribution in [0.25, 0.3) is 0 Å². The molecule has 0 saturated carbocycles. The Hall–Kier alpha value is -2.64. The summed E-state index contributed by atoms with van der Waals surface area (Å²) in [6.07, 6.45) is 5.44. The van der Waals surface area contributed by atoms with Crippen LogP contribution in [0.3, 0.4) is 0 Å². The zero-order valence-corrected chi connectivity index (χ0v) is 21.4. The molecule has 5 rings (SSSR count). The Labute approximate surface area is 213 Å². The molecule has 1 amide bonds. The number of hydrogen-bond donors (Lipinski definition) is 2. The highest BCUT2D eigenvalue weighted by Crippen LogP contribution is 2.46. The van der Waals surface area contributed by atoms with Gasteiger partial charge >= 0.3 is 0 Å². The summed E-state index contributed by atoms with van der Waals surface area (Å²) >= 11 is 0. The molecule has 0 radical (unpaired) electrons. The summed E-state index contributed by atoms with van der Waals surface area (Å²) in [4.78, 5) is 17.3. The molecular formula is C29H38FN3O3. The first-order chi connectivity index (χ1) is 17.3. The maximum Gasteiger partial charge on any atom is 0.220 e. The fourth-order valence-electron chi connectivity index (χ4n) is 6.63. The summed E-state index contributed by atoms with van der Waals surface area (Å²) < 4.78 is 19.3. The van der Waals surface area contributed by atoms with E-state index in [0.717, 1.165) is 55.8 Å². The predicted octanol–water partition coefficient (Wildman–Crippen LogP) is 4.43. The lowest BCUT2D eigenvalue weighted by Gasteiger charge is -2.45. The van der Waals surface area contributed by atoms with E-state index < -0.39 is 5.60 Å². The molecule has 0 spiro atoms. The maximum atomic E-state index is 13.7. The number of halogens is 1. The standard InChI is InChI=1S/C29H38FN3O3/c1-28-19-24(21-11-13-22(30)14-12-21)33(26(28)9-5-6-10-27(34)31-28)20-29(35)15-17-32(18-16-29)23-7-3-4-8-25(23)36-2/h3-4,7-8,11-14,24,26,35H,5-6,9-10,15-20H2,1-2H3,(H,31,34)/t24-,26-,28-/m0/s1. The maximum absolute atomic E-state index is 13.7. The molecule has 3 aliphatic heterocycles. The lowest BCUT2D eigenvalue weighted by atomic mass is 9.85. The molecule has 7 heteroatoms. The van der Waals surface area contributed by atoms with Crippen molar-refractivity contribution >= 4 is 11.6 Å². The minimum atomic E-state index is -0.839. The highest BCUT2D eigenvalue weighted by molar-refractivity contribution is 5.77. The molecule has 0 aromatic heterocycles. The number of anilines is 1. The summed E-state index contributed by atoms with van der Waals surface area (Å²) in [5.74, 6) is 0.696. The summed E-state index contributed by atoms with van der Waals surface area (Å²) in [5, 5.41) is 15.2. The fourth-order valence-corrected chi connectivity index (χ4v) is 6.63. The molecule has 3 fully saturated rings. The molecule has 194 valence electrons. The number of nitrogens with one attached hydrogen (secondary N) is 1. The normalized spacial score (nSPS) is 28.7. The molecule has 0 aliphatic carbocycles. The molecular weight excluding hydrogens is 457 g/mol. The molecule has 3 aliphatic rings. The van der Waals surface area contributed by atoms with Crippen molar-refractivity contribution in [3.63, 3.8) is 0 Å². The lowest BCUT2D eigenvalue weighted by Crippen LogP contribution is -2.58. The number of likely N-dealkylation sites (tertiary alicyclic amines) is 1. The van der Waals surface area contributed by atoms with Gasteiger partial charge in [0.2, 0.25) is 5.91 Å². The number of carbonyl (C=O) groups is 1. The summed E-state index contributed by atoms with van der Waals surface area (Å²) in [6.45, 7) is 4.16. The molecule has 0 bridgehead atoms. The van der Waals surface area contributed by atoms with Crippen LogP contribution in [-0.2, 0) is 4.79 Å². The zero-order chi connectivity index (χ0) is 25.3. The highest BCUT2D eigenvalue weighted by atomic mass is 19.1. The van der Waals surface area contributed by atoms with Crippen LogP contribution >= 0.6 is 0 Å². The molecule has 0 unspecified atom stereocenters. The number of fused-ring (bicyclic) bond motifs is 1. The molecule has 3 atom stereocenters. The quantitative estimate of drug-likeness (QED) is 0.643. The van der Waals surface area contributed by atoms with Gasteiger partial charge in [0, 0.05) is 38.1 Å². The Morgan fingerprint density at radius 2 is 1.83 bits per heavy atom. The van der Waals surface area contributed by atoms with Crippen LogP contribution in [-0.4, -0.2) is 59.8 Å². The number of piperidine rings is 1. The van der Waals surface area contributed by atoms with Gasteiger partial charge in [0.15, 0.2) is 0 Å². The Morgan fingerprint density at radius 3 is 2.56 bits per heavy atom. The van der Waals surface area contributed by atoms with Gasteiger partial charge in [0.25, 0.3) is 0 Å². The number of hydrogen-bond acceptors (Lipinski definition) is 5. The first-order valence-corrected chi connectivity index (χ1v) is 13.2. The van der Waals surface area contributed by atoms with Crippen molar-refractivity contribution in [2.24, 2.45) is 0 Å². The first kappa shape index (κ1) is 25.0. The number of β-amino-alcohol motifs (C(OH)–C–C–N with tert-alkyl or cyclic N) is 1. The molecule has 3 heterocycles. The molecule has 6 nitrogen and oxygen atoms in total. The Morgan fingerprint density at radius 1 is 1.11 bits per heavy atom. The highest BCUT2D eigenvalue weighted by Gasteiger charge is 2.52. The number of aliphatic hydroxyl groups is 1. The van der Waals surface area contributed by atoms with Gasteiger partial charge < -0.3 is 20.1 Å². The summed E-state index contributed by atoms with van der Waals surface area (Å²) in [5.41, 5.74) is 0.871. The van der Waals surface area contributed by atoms with Crippen molar-refractivity contribution in [1.82, 2.24) is 10.2 Å². The average Bonchev–Trinajstić information content (AvgIpc) is 3.11. The number of nitrogens with zero attached hydrogens (tertiary/aromatic N) is 2. The van der Waals surface area contributed by atoms with Crippen molar-refractivity contribution in [2.75, 3.05) is 31.6 Å². The van der Waals surface area contributed by atoms with E-state index in [1.807, 2.05) is 30.3 Å². The molecule has 2 N–H and O–H groups in total. The first-order valence-electron chi connectivity index (χ1n) is 13.2. The summed E-state index contributed by atoms with van der Waals surface area (Å²) in [6, 6.07) is 14.9. The Balaban J connectivity index is 1.39. The fraction of sp³-hybridized carbons (Fsp3) is 0.552. The van der Waals surface area contributed by atoms with Crippen LogP contribution in [0.15, 0.2) is 48.5 Å². The van der Waals surface area contributed by atoms with Crippen LogP contribution in [0.4, 0.5) is 10.1 Å². The van der Waals surface area contributed by atoms with E-state index in [-0.39, 0.29) is 29.3 Å². The number of para-hydroxylation sites is 2. The average molecular weight is 496 g/mol. The van der Waals surface area contributed by atoms with Gasteiger partial charge in [-0.2, -0.15) is 0 Å². The number of benzene rings is 2. The van der Waals surface area contributed by atoms with E-state index >= 15 is 0 Å². The third kappa shape index (κ3) is 4.96. The van der Waals surface area contributed by atoms with Gasteiger partial charge in [-0.25, -0.2) is 4.39 Å². The topological polar surface area (TPSA) is 65.0 Å². The van der Waals surface area contributed by atoms with E-state index in [0.29, 0.717) is 25.8 Å². The number of methoxy groups -OCH3 is 1. The number of ether oxygens (including phenoxy) is 1. The van der Waals surface area contributed by atoms with Crippen molar-refractivity contribution in [1.29, 1.82) is 0 Å². The van der Waals surface area contributed by atoms with Crippen LogP contribution in [0.5, 0.6) is 5.75 Å². The zero-order valence-electron chi connectivity index (χ0n) is 21.4. The second kappa shape index (κ2) is 10.0. The van der Waals surface area contributed by atoms with E-state index in [4.69, 9.17) is 4.74 Å². The van der Waals surface area contributed by atoms with E-state index in [1.165, 1.54) is 12.1 Å². The smallest absolute Gasteiger partial charge is 0.220 e. The Bertz CT molecular complexity index is 1070. The molecule has 2 aromatic rings. The van der Waals surface area contributed by atoms with E-state index in [1.54, 1.807) is 7.11 Å². The van der Waals surface area contributed by atoms with Gasteiger partial charge in [-0.3, -0.25) is 9.69 Å². The third-order valence-corrected chi connectivity index (χ3v) is 8.56. The van der Waals surface area contributed by atoms with Gasteiger partial charge in [0.05, 0.1) is 23.9 Å². The number of rotatable bonds is 5. The van der Waals surface area contributed by atoms with Crippen LogP contribution in [0.2, 0.25) is 0 Å². The van der Waals surface area contributed by atoms with Gasteiger partial charge in [0.1, 0.15) is 11.6 Å². The van der Waals surface area contributed by atoms with Gasteiger partial charge in [-0.15, -0.1) is 0 Å². The number of amides is 1. The second-order valence-electron chi connectivity index (χ2n) is 11.1. The largest absolute Gasteiger partial charge is 0.495 e. The molecule has 2 aromatic carbocycles. The van der Waals surface area contributed by atoms with Crippen molar-refractivity contribution in [3.05, 3.63) is 59.9 Å². The monoisotopic (exact) mass is 495 g/mol. The lowest BCUT2D eigenvalue weighted by molar-refractivity contribution is -0.124. The van der Waals surface area contributed by atoms with E-state index in [2.05, 4.69) is 28.1 Å².